The number of carbonyl (C=O) groups is 2. The molecule has 33 heavy (non-hydrogen) atoms. The lowest BCUT2D eigenvalue weighted by atomic mass is 10.0. The van der Waals surface area contributed by atoms with Crippen molar-refractivity contribution in [2.24, 2.45) is 0 Å². The van der Waals surface area contributed by atoms with Crippen molar-refractivity contribution in [1.82, 2.24) is 14.8 Å². The van der Waals surface area contributed by atoms with E-state index in [1.807, 2.05) is 18.2 Å². The summed E-state index contributed by atoms with van der Waals surface area (Å²) in [4.78, 5) is 32.8. The summed E-state index contributed by atoms with van der Waals surface area (Å²) in [6.07, 6.45) is 2.87. The van der Waals surface area contributed by atoms with Crippen LogP contribution in [0.3, 0.4) is 0 Å². The third kappa shape index (κ3) is 5.28. The molecule has 7 nitrogen and oxygen atoms in total. The average molecular weight is 448 g/mol. The Labute approximate surface area is 192 Å². The molecule has 1 fully saturated rings. The van der Waals surface area contributed by atoms with Crippen molar-refractivity contribution in [2.75, 3.05) is 31.2 Å². The van der Waals surface area contributed by atoms with Gasteiger partial charge >= 0.3 is 6.03 Å². The summed E-state index contributed by atoms with van der Waals surface area (Å²) in [7, 11) is 1.77. The van der Waals surface area contributed by atoms with Crippen molar-refractivity contribution in [3.05, 3.63) is 78.2 Å². The van der Waals surface area contributed by atoms with Gasteiger partial charge in [-0.1, -0.05) is 24.3 Å². The average Bonchev–Trinajstić information content (AvgIpc) is 2.84. The van der Waals surface area contributed by atoms with Crippen LogP contribution in [0.1, 0.15) is 23.2 Å². The van der Waals surface area contributed by atoms with E-state index in [0.717, 1.165) is 11.1 Å². The fourth-order valence-corrected chi connectivity index (χ4v) is 3.96. The molecule has 3 amide bonds. The first-order valence-corrected chi connectivity index (χ1v) is 10.8. The van der Waals surface area contributed by atoms with Gasteiger partial charge in [0.15, 0.2) is 0 Å². The Morgan fingerprint density at radius 1 is 1.06 bits per heavy atom. The molecular weight excluding hydrogens is 421 g/mol. The van der Waals surface area contributed by atoms with Crippen molar-refractivity contribution in [1.29, 1.82) is 0 Å². The molecule has 1 aliphatic rings. The Morgan fingerprint density at radius 2 is 1.79 bits per heavy atom. The van der Waals surface area contributed by atoms with Gasteiger partial charge in [0.25, 0.3) is 5.91 Å². The lowest BCUT2D eigenvalue weighted by molar-refractivity contribution is 0.0671. The van der Waals surface area contributed by atoms with E-state index in [2.05, 4.69) is 10.3 Å². The predicted molar refractivity (Wildman–Crippen MR) is 126 cm³/mol. The maximum atomic E-state index is 13.4. The number of aromatic nitrogens is 1. The van der Waals surface area contributed by atoms with Crippen molar-refractivity contribution in [3.8, 4) is 11.1 Å². The highest BCUT2D eigenvalue weighted by Gasteiger charge is 2.28. The molecule has 2 aromatic carbocycles. The number of urea groups is 1. The second-order valence-corrected chi connectivity index (χ2v) is 8.12. The van der Waals surface area contributed by atoms with Crippen LogP contribution in [0.5, 0.6) is 0 Å². The quantitative estimate of drug-likeness (QED) is 0.626. The van der Waals surface area contributed by atoms with Gasteiger partial charge in [0.2, 0.25) is 0 Å². The summed E-state index contributed by atoms with van der Waals surface area (Å²) in [5.41, 5.74) is 8.41. The second-order valence-electron chi connectivity index (χ2n) is 8.12. The van der Waals surface area contributed by atoms with Crippen LogP contribution in [0, 0.1) is 5.82 Å². The number of benzene rings is 2. The predicted octanol–water partition coefficient (Wildman–Crippen LogP) is 4.24. The van der Waals surface area contributed by atoms with Crippen molar-refractivity contribution in [2.45, 2.75) is 18.9 Å². The minimum absolute atomic E-state index is 0.0326. The Morgan fingerprint density at radius 3 is 2.42 bits per heavy atom. The SMILES string of the molecule is CN(C(=O)Nc1ccc(-c2cccc(F)c2)cc1)C1CCN(C(=O)c2ccc(N)nc2)CC1. The number of hydrogen-bond acceptors (Lipinski definition) is 4. The molecule has 3 N–H and O–H groups in total. The van der Waals surface area contributed by atoms with Crippen LogP contribution in [0.15, 0.2) is 66.9 Å². The Balaban J connectivity index is 1.30. The summed E-state index contributed by atoms with van der Waals surface area (Å²) < 4.78 is 13.4. The number of nitrogens with one attached hydrogen (secondary N) is 1. The summed E-state index contributed by atoms with van der Waals surface area (Å²) in [6, 6.07) is 16.8. The van der Waals surface area contributed by atoms with E-state index in [9.17, 15) is 14.0 Å². The highest BCUT2D eigenvalue weighted by Crippen LogP contribution is 2.23. The number of pyridine rings is 1. The number of hydrogen-bond donors (Lipinski definition) is 2. The number of likely N-dealkylation sites (tertiary alicyclic amines) is 1. The molecule has 0 aliphatic carbocycles. The number of nitrogens with zero attached hydrogens (tertiary/aromatic N) is 3. The first-order valence-electron chi connectivity index (χ1n) is 10.8. The van der Waals surface area contributed by atoms with Crippen LogP contribution in [-0.2, 0) is 0 Å². The molecule has 1 aliphatic heterocycles. The zero-order valence-electron chi connectivity index (χ0n) is 18.4. The summed E-state index contributed by atoms with van der Waals surface area (Å²) in [6.45, 7) is 1.13. The van der Waals surface area contributed by atoms with E-state index in [1.165, 1.54) is 18.3 Å². The first-order chi connectivity index (χ1) is 15.9. The zero-order chi connectivity index (χ0) is 23.4. The number of rotatable bonds is 4. The van der Waals surface area contributed by atoms with Gasteiger partial charge in [0.05, 0.1) is 5.56 Å². The fraction of sp³-hybridized carbons (Fsp3) is 0.240. The number of carbonyl (C=O) groups excluding carboxylic acids is 2. The molecule has 8 heteroatoms. The third-order valence-corrected chi connectivity index (χ3v) is 5.95. The standard InChI is InChI=1S/C25H26FN5O2/c1-30(22-11-13-31(14-12-22)24(32)19-7-10-23(27)28-16-19)25(33)29-21-8-5-17(6-9-21)18-3-2-4-20(26)15-18/h2-10,15-16,22H,11-14H2,1H3,(H2,27,28)(H,29,33). The number of piperidine rings is 1. The number of anilines is 2. The van der Waals surface area contributed by atoms with Gasteiger partial charge in [-0.05, 0) is 60.4 Å². The maximum absolute atomic E-state index is 13.4. The van der Waals surface area contributed by atoms with Gasteiger partial charge in [-0.2, -0.15) is 0 Å². The zero-order valence-corrected chi connectivity index (χ0v) is 18.4. The molecule has 3 aromatic rings. The molecule has 170 valence electrons. The Bertz CT molecular complexity index is 1130. The largest absolute Gasteiger partial charge is 0.384 e. The fourth-order valence-electron chi connectivity index (χ4n) is 3.96. The Kier molecular flexibility index (Phi) is 6.53. The van der Waals surface area contributed by atoms with Crippen LogP contribution >= 0.6 is 0 Å². The number of nitrogens with two attached hydrogens (primary N) is 1. The highest BCUT2D eigenvalue weighted by molar-refractivity contribution is 5.94. The van der Waals surface area contributed by atoms with E-state index >= 15 is 0 Å². The molecule has 0 unspecified atom stereocenters. The lowest BCUT2D eigenvalue weighted by Crippen LogP contribution is -2.48. The minimum Gasteiger partial charge on any atom is -0.384 e. The smallest absolute Gasteiger partial charge is 0.321 e. The van der Waals surface area contributed by atoms with Gasteiger partial charge in [0.1, 0.15) is 11.6 Å². The molecule has 2 heterocycles. The summed E-state index contributed by atoms with van der Waals surface area (Å²) >= 11 is 0. The van der Waals surface area contributed by atoms with Crippen molar-refractivity contribution >= 4 is 23.4 Å². The molecule has 0 saturated carbocycles. The summed E-state index contributed by atoms with van der Waals surface area (Å²) in [5.74, 6) is 0.0114. The summed E-state index contributed by atoms with van der Waals surface area (Å²) in [5, 5.41) is 2.91. The van der Waals surface area contributed by atoms with Gasteiger partial charge in [-0.3, -0.25) is 4.79 Å². The normalized spacial score (nSPS) is 14.1. The third-order valence-electron chi connectivity index (χ3n) is 5.95. The van der Waals surface area contributed by atoms with Crippen LogP contribution in [0.4, 0.5) is 20.7 Å². The monoisotopic (exact) mass is 447 g/mol. The molecule has 0 bridgehead atoms. The van der Waals surface area contributed by atoms with Gasteiger partial charge < -0.3 is 20.9 Å². The molecular formula is C25H26FN5O2. The minimum atomic E-state index is -0.288. The molecule has 1 aromatic heterocycles. The van der Waals surface area contributed by atoms with E-state index in [0.29, 0.717) is 43.0 Å². The van der Waals surface area contributed by atoms with Crippen molar-refractivity contribution in [3.63, 3.8) is 0 Å². The van der Waals surface area contributed by atoms with Gasteiger partial charge in [0, 0.05) is 38.1 Å². The van der Waals surface area contributed by atoms with Crippen LogP contribution < -0.4 is 11.1 Å². The first kappa shape index (κ1) is 22.3. The van der Waals surface area contributed by atoms with Crippen LogP contribution in [0.2, 0.25) is 0 Å². The van der Waals surface area contributed by atoms with Crippen molar-refractivity contribution < 1.29 is 14.0 Å². The topological polar surface area (TPSA) is 91.6 Å². The Hall–Kier alpha value is -3.94. The number of nitrogen functional groups attached to an aromatic ring is 1. The van der Waals surface area contributed by atoms with Crippen LogP contribution in [0.25, 0.3) is 11.1 Å². The molecule has 0 atom stereocenters. The van der Waals surface area contributed by atoms with E-state index < -0.39 is 0 Å². The van der Waals surface area contributed by atoms with E-state index in [-0.39, 0.29) is 23.8 Å². The van der Waals surface area contributed by atoms with E-state index in [4.69, 9.17) is 5.73 Å². The van der Waals surface area contributed by atoms with Crippen LogP contribution in [-0.4, -0.2) is 52.9 Å². The van der Waals surface area contributed by atoms with Gasteiger partial charge in [-0.15, -0.1) is 0 Å². The van der Waals surface area contributed by atoms with Gasteiger partial charge in [-0.25, -0.2) is 14.2 Å². The molecule has 0 radical (unpaired) electrons. The lowest BCUT2D eigenvalue weighted by Gasteiger charge is -2.36. The second kappa shape index (κ2) is 9.68. The maximum Gasteiger partial charge on any atom is 0.321 e. The highest BCUT2D eigenvalue weighted by atomic mass is 19.1. The number of halogens is 1. The van der Waals surface area contributed by atoms with E-state index in [1.54, 1.807) is 47.2 Å². The molecule has 1 saturated heterocycles. The number of amides is 3. The molecule has 0 spiro atoms. The molecule has 4 rings (SSSR count).